The first-order valence-electron chi connectivity index (χ1n) is 10.7. The van der Waals surface area contributed by atoms with Gasteiger partial charge in [0.1, 0.15) is 24.1 Å². The van der Waals surface area contributed by atoms with Crippen LogP contribution in [0.4, 0.5) is 37.8 Å². The van der Waals surface area contributed by atoms with Gasteiger partial charge in [0, 0.05) is 11.3 Å². The Morgan fingerprint density at radius 2 is 1.89 bits per heavy atom. The van der Waals surface area contributed by atoms with Crippen molar-refractivity contribution in [1.29, 1.82) is 0 Å². The van der Waals surface area contributed by atoms with Gasteiger partial charge in [0.25, 0.3) is 12.2 Å². The molecular formula is C24H17F6N5. The highest BCUT2D eigenvalue weighted by atomic mass is 19.3. The molecule has 2 heterocycles. The molecule has 1 aliphatic carbocycles. The predicted molar refractivity (Wildman–Crippen MR) is 117 cm³/mol. The number of aromatic nitrogens is 4. The summed E-state index contributed by atoms with van der Waals surface area (Å²) in [6.07, 6.45) is -1.79. The molecule has 4 aromatic rings. The van der Waals surface area contributed by atoms with E-state index in [1.165, 1.54) is 16.5 Å². The summed E-state index contributed by atoms with van der Waals surface area (Å²) in [7, 11) is 0. The Labute approximate surface area is 195 Å². The summed E-state index contributed by atoms with van der Waals surface area (Å²) >= 11 is 0. The van der Waals surface area contributed by atoms with Gasteiger partial charge in [-0.25, -0.2) is 26.3 Å². The maximum atomic E-state index is 15.1. The van der Waals surface area contributed by atoms with E-state index in [1.807, 2.05) is 0 Å². The first-order valence-corrected chi connectivity index (χ1v) is 10.7. The molecule has 1 saturated carbocycles. The maximum Gasteiger partial charge on any atom is 0.257 e. The first-order chi connectivity index (χ1) is 16.7. The van der Waals surface area contributed by atoms with Crippen LogP contribution in [0.15, 0.2) is 30.3 Å². The Kier molecular flexibility index (Phi) is 5.54. The van der Waals surface area contributed by atoms with Gasteiger partial charge in [-0.15, -0.1) is 10.2 Å². The first kappa shape index (κ1) is 23.0. The van der Waals surface area contributed by atoms with Crippen LogP contribution in [0.25, 0.3) is 16.7 Å². The molecule has 2 aromatic heterocycles. The van der Waals surface area contributed by atoms with Crippen molar-refractivity contribution in [2.75, 3.05) is 18.1 Å². The highest BCUT2D eigenvalue weighted by molar-refractivity contribution is 5.94. The molecule has 11 heteroatoms. The number of hydrogen-bond donors (Lipinski definition) is 0. The zero-order chi connectivity index (χ0) is 24.9. The quantitative estimate of drug-likeness (QED) is 0.274. The van der Waals surface area contributed by atoms with E-state index in [2.05, 4.69) is 27.0 Å². The highest BCUT2D eigenvalue weighted by Gasteiger charge is 2.41. The number of rotatable bonds is 5. The van der Waals surface area contributed by atoms with Gasteiger partial charge in [0.05, 0.1) is 22.9 Å². The van der Waals surface area contributed by atoms with Gasteiger partial charge >= 0.3 is 0 Å². The van der Waals surface area contributed by atoms with E-state index >= 15 is 4.39 Å². The van der Waals surface area contributed by atoms with Crippen LogP contribution in [0, 0.1) is 41.6 Å². The van der Waals surface area contributed by atoms with E-state index in [-0.39, 0.29) is 28.4 Å². The van der Waals surface area contributed by atoms with Gasteiger partial charge in [-0.05, 0) is 50.1 Å². The minimum absolute atomic E-state index is 0.0367. The zero-order valence-electron chi connectivity index (χ0n) is 18.3. The molecule has 0 N–H and O–H groups in total. The average Bonchev–Trinajstić information content (AvgIpc) is 3.52. The molecule has 35 heavy (non-hydrogen) atoms. The van der Waals surface area contributed by atoms with Crippen LogP contribution in [-0.2, 0) is 0 Å². The second kappa shape index (κ2) is 8.45. The molecule has 0 aliphatic heterocycles. The SMILES string of the molecule is Cc1nnc2nc(N(CC(F)F)c3cc(F)cc(C#CC4(CF)CC4)c3)c3c(F)c(F)ccc3n12. The summed E-state index contributed by atoms with van der Waals surface area (Å²) in [5.74, 6) is 2.06. The van der Waals surface area contributed by atoms with Crippen LogP contribution < -0.4 is 4.90 Å². The number of anilines is 2. The molecule has 1 aliphatic rings. The Morgan fingerprint density at radius 3 is 2.57 bits per heavy atom. The summed E-state index contributed by atoms with van der Waals surface area (Å²) in [6, 6.07) is 5.52. The average molecular weight is 489 g/mol. The van der Waals surface area contributed by atoms with Crippen LogP contribution in [0.1, 0.15) is 24.2 Å². The van der Waals surface area contributed by atoms with Crippen molar-refractivity contribution in [3.8, 4) is 11.8 Å². The highest BCUT2D eigenvalue weighted by Crippen LogP contribution is 2.45. The van der Waals surface area contributed by atoms with Crippen molar-refractivity contribution in [1.82, 2.24) is 19.6 Å². The lowest BCUT2D eigenvalue weighted by Crippen LogP contribution is -2.26. The lowest BCUT2D eigenvalue weighted by Gasteiger charge is -2.25. The third kappa shape index (κ3) is 4.13. The number of nitrogens with zero attached hydrogens (tertiary/aromatic N) is 5. The van der Waals surface area contributed by atoms with E-state index in [9.17, 15) is 22.0 Å². The van der Waals surface area contributed by atoms with Gasteiger partial charge in [-0.1, -0.05) is 11.8 Å². The summed E-state index contributed by atoms with van der Waals surface area (Å²) in [5, 5.41) is 7.37. The van der Waals surface area contributed by atoms with Gasteiger partial charge in [-0.3, -0.25) is 4.40 Å². The molecule has 0 amide bonds. The number of aryl methyl sites for hydroxylation is 1. The van der Waals surface area contributed by atoms with Crippen molar-refractivity contribution in [3.63, 3.8) is 0 Å². The van der Waals surface area contributed by atoms with Crippen molar-refractivity contribution in [3.05, 3.63) is 59.2 Å². The maximum absolute atomic E-state index is 15.1. The van der Waals surface area contributed by atoms with E-state index < -0.39 is 47.9 Å². The van der Waals surface area contributed by atoms with E-state index in [1.54, 1.807) is 6.92 Å². The molecule has 5 rings (SSSR count). The molecule has 180 valence electrons. The van der Waals surface area contributed by atoms with Gasteiger partial charge in [0.15, 0.2) is 11.6 Å². The van der Waals surface area contributed by atoms with Crippen LogP contribution in [0.2, 0.25) is 0 Å². The van der Waals surface area contributed by atoms with Gasteiger partial charge < -0.3 is 4.90 Å². The third-order valence-electron chi connectivity index (χ3n) is 5.90. The van der Waals surface area contributed by atoms with E-state index in [0.29, 0.717) is 18.7 Å². The fourth-order valence-corrected chi connectivity index (χ4v) is 3.89. The van der Waals surface area contributed by atoms with Crippen LogP contribution >= 0.6 is 0 Å². The largest absolute Gasteiger partial charge is 0.320 e. The lowest BCUT2D eigenvalue weighted by atomic mass is 10.1. The molecular weight excluding hydrogens is 472 g/mol. The molecule has 0 radical (unpaired) electrons. The number of fused-ring (bicyclic) bond motifs is 3. The van der Waals surface area contributed by atoms with Crippen LogP contribution in [0.3, 0.4) is 0 Å². The second-order valence-electron chi connectivity index (χ2n) is 8.44. The van der Waals surface area contributed by atoms with E-state index in [4.69, 9.17) is 0 Å². The minimum Gasteiger partial charge on any atom is -0.320 e. The summed E-state index contributed by atoms with van der Waals surface area (Å²) in [5.41, 5.74) is -0.655. The summed E-state index contributed by atoms with van der Waals surface area (Å²) in [6.45, 7) is -0.0785. The number of hydrogen-bond acceptors (Lipinski definition) is 4. The molecule has 0 spiro atoms. The molecule has 2 aromatic carbocycles. The summed E-state index contributed by atoms with van der Waals surface area (Å²) < 4.78 is 85.8. The normalized spacial score (nSPS) is 14.4. The Bertz CT molecular complexity index is 1520. The second-order valence-corrected chi connectivity index (χ2v) is 8.44. The zero-order valence-corrected chi connectivity index (χ0v) is 18.3. The molecule has 0 atom stereocenters. The molecule has 1 fully saturated rings. The van der Waals surface area contributed by atoms with Crippen LogP contribution in [0.5, 0.6) is 0 Å². The van der Waals surface area contributed by atoms with Crippen molar-refractivity contribution < 1.29 is 26.3 Å². The lowest BCUT2D eigenvalue weighted by molar-refractivity contribution is 0.158. The standard InChI is InChI=1S/C24H17F6N5/c1-13-32-33-23-31-22(20-18(35(13)23)3-2-17(27)21(20)30)34(11-19(28)29)16-9-14(8-15(26)10-16)4-5-24(12-25)6-7-24/h2-3,8-10,19H,6-7,11-12H2,1H3. The van der Waals surface area contributed by atoms with E-state index in [0.717, 1.165) is 23.1 Å². The molecule has 5 nitrogen and oxygen atoms in total. The predicted octanol–water partition coefficient (Wildman–Crippen LogP) is 5.51. The minimum atomic E-state index is -2.95. The molecule has 0 bridgehead atoms. The Balaban J connectivity index is 1.74. The molecule has 0 saturated heterocycles. The number of halogens is 6. The van der Waals surface area contributed by atoms with Gasteiger partial charge in [-0.2, -0.15) is 4.98 Å². The van der Waals surface area contributed by atoms with Crippen molar-refractivity contribution >= 4 is 28.2 Å². The smallest absolute Gasteiger partial charge is 0.257 e. The van der Waals surface area contributed by atoms with Crippen LogP contribution in [-0.4, -0.2) is 39.2 Å². The Morgan fingerprint density at radius 1 is 1.11 bits per heavy atom. The van der Waals surface area contributed by atoms with Crippen molar-refractivity contribution in [2.24, 2.45) is 5.41 Å². The number of alkyl halides is 3. The van der Waals surface area contributed by atoms with Crippen molar-refractivity contribution in [2.45, 2.75) is 26.2 Å². The summed E-state index contributed by atoms with van der Waals surface area (Å²) in [4.78, 5) is 5.08. The molecule has 0 unspecified atom stereocenters. The third-order valence-corrected chi connectivity index (χ3v) is 5.90. The fraction of sp³-hybridized carbons (Fsp3) is 0.292. The number of benzene rings is 2. The van der Waals surface area contributed by atoms with Gasteiger partial charge in [0.2, 0.25) is 0 Å². The Hall–Kier alpha value is -3.81. The fourth-order valence-electron chi connectivity index (χ4n) is 3.89. The topological polar surface area (TPSA) is 46.3 Å². The monoisotopic (exact) mass is 489 g/mol.